The summed E-state index contributed by atoms with van der Waals surface area (Å²) in [5.74, 6) is 0.348. The van der Waals surface area contributed by atoms with Crippen molar-refractivity contribution in [2.45, 2.75) is 0 Å². The third-order valence-corrected chi connectivity index (χ3v) is 2.27. The molecule has 0 aromatic heterocycles. The monoisotopic (exact) mass is 269 g/mol. The van der Waals surface area contributed by atoms with Crippen LogP contribution in [0.2, 0.25) is 0 Å². The Kier molecular flexibility index (Phi) is 3.91. The fourth-order valence-electron chi connectivity index (χ4n) is 0.891. The first-order chi connectivity index (χ1) is 7.00. The zero-order valence-corrected chi connectivity index (χ0v) is 10.2. The van der Waals surface area contributed by atoms with Gasteiger partial charge >= 0.3 is 6.09 Å². The van der Waals surface area contributed by atoms with E-state index in [0.717, 1.165) is 10.0 Å². The van der Waals surface area contributed by atoms with Crippen LogP contribution in [-0.2, 0) is 4.74 Å². The van der Waals surface area contributed by atoms with E-state index in [2.05, 4.69) is 22.5 Å². The van der Waals surface area contributed by atoms with E-state index in [-0.39, 0.29) is 0 Å². The van der Waals surface area contributed by atoms with Gasteiger partial charge in [0.05, 0.1) is 0 Å². The zero-order chi connectivity index (χ0) is 11.4. The number of carbonyl (C=O) groups is 1. The van der Waals surface area contributed by atoms with Crippen LogP contribution >= 0.6 is 15.9 Å². The van der Waals surface area contributed by atoms with Gasteiger partial charge in [-0.15, -0.1) is 0 Å². The Morgan fingerprint density at radius 2 is 1.87 bits per heavy atom. The van der Waals surface area contributed by atoms with Gasteiger partial charge in [0.2, 0.25) is 0 Å². The molecule has 0 aliphatic heterocycles. The Morgan fingerprint density at radius 3 is 2.33 bits per heavy atom. The normalized spacial score (nSPS) is 9.53. The van der Waals surface area contributed by atoms with E-state index in [0.29, 0.717) is 5.76 Å². The second-order valence-electron chi connectivity index (χ2n) is 3.19. The van der Waals surface area contributed by atoms with Crippen LogP contribution < -0.4 is 0 Å². The van der Waals surface area contributed by atoms with Gasteiger partial charge in [0, 0.05) is 24.1 Å². The number of ether oxygens (including phenoxy) is 1. The van der Waals surface area contributed by atoms with Crippen LogP contribution in [0.1, 0.15) is 5.56 Å². The Morgan fingerprint density at radius 1 is 1.33 bits per heavy atom. The molecule has 0 aliphatic rings. The van der Waals surface area contributed by atoms with Gasteiger partial charge in [0.15, 0.2) is 0 Å². The molecule has 0 atom stereocenters. The molecular formula is C11H12BrNO2. The minimum Gasteiger partial charge on any atom is -0.410 e. The first-order valence-corrected chi connectivity index (χ1v) is 5.14. The van der Waals surface area contributed by atoms with Gasteiger partial charge in [-0.25, -0.2) is 4.79 Å². The van der Waals surface area contributed by atoms with Crippen molar-refractivity contribution in [1.29, 1.82) is 0 Å². The third kappa shape index (κ3) is 3.40. The highest BCUT2D eigenvalue weighted by molar-refractivity contribution is 9.10. The molecule has 1 aromatic carbocycles. The molecule has 4 heteroatoms. The molecule has 0 spiro atoms. The second kappa shape index (κ2) is 4.98. The standard InChI is InChI=1S/C11H12BrNO2/c1-8(15-11(14)13(2)3)9-4-6-10(12)7-5-9/h4-7H,1H2,2-3H3. The van der Waals surface area contributed by atoms with Gasteiger partial charge in [-0.3, -0.25) is 0 Å². The van der Waals surface area contributed by atoms with Gasteiger partial charge < -0.3 is 9.64 Å². The maximum absolute atomic E-state index is 11.2. The molecule has 0 bridgehead atoms. The SMILES string of the molecule is C=C(OC(=O)N(C)C)c1ccc(Br)cc1. The number of benzene rings is 1. The molecule has 0 unspecified atom stereocenters. The molecule has 0 saturated carbocycles. The predicted octanol–water partition coefficient (Wildman–Crippen LogP) is 3.12. The number of carbonyl (C=O) groups excluding carboxylic acids is 1. The van der Waals surface area contributed by atoms with Crippen molar-refractivity contribution < 1.29 is 9.53 Å². The van der Waals surface area contributed by atoms with E-state index in [1.54, 1.807) is 14.1 Å². The lowest BCUT2D eigenvalue weighted by atomic mass is 10.2. The zero-order valence-electron chi connectivity index (χ0n) is 8.66. The summed E-state index contributed by atoms with van der Waals surface area (Å²) in [5, 5.41) is 0. The molecule has 0 radical (unpaired) electrons. The highest BCUT2D eigenvalue weighted by Crippen LogP contribution is 2.17. The quantitative estimate of drug-likeness (QED) is 0.773. The summed E-state index contributed by atoms with van der Waals surface area (Å²) in [6, 6.07) is 7.39. The van der Waals surface area contributed by atoms with Gasteiger partial charge in [0.1, 0.15) is 5.76 Å². The van der Waals surface area contributed by atoms with Gasteiger partial charge in [0.25, 0.3) is 0 Å². The Hall–Kier alpha value is -1.29. The Balaban J connectivity index is 2.69. The van der Waals surface area contributed by atoms with Gasteiger partial charge in [-0.1, -0.05) is 34.6 Å². The minimum atomic E-state index is -0.428. The maximum Gasteiger partial charge on any atom is 0.414 e. The molecular weight excluding hydrogens is 258 g/mol. The minimum absolute atomic E-state index is 0.348. The summed E-state index contributed by atoms with van der Waals surface area (Å²) in [6.45, 7) is 3.69. The Bertz CT molecular complexity index is 371. The van der Waals surface area contributed by atoms with Gasteiger partial charge in [-0.2, -0.15) is 0 Å². The van der Waals surface area contributed by atoms with Gasteiger partial charge in [-0.05, 0) is 12.1 Å². The molecule has 15 heavy (non-hydrogen) atoms. The highest BCUT2D eigenvalue weighted by atomic mass is 79.9. The summed E-state index contributed by atoms with van der Waals surface area (Å²) in [6.07, 6.45) is -0.428. The first-order valence-electron chi connectivity index (χ1n) is 4.34. The smallest absolute Gasteiger partial charge is 0.410 e. The van der Waals surface area contributed by atoms with E-state index >= 15 is 0 Å². The van der Waals surface area contributed by atoms with Crippen LogP contribution in [0.3, 0.4) is 0 Å². The van der Waals surface area contributed by atoms with Crippen LogP contribution in [0.15, 0.2) is 35.3 Å². The van der Waals surface area contributed by atoms with Crippen molar-refractivity contribution >= 4 is 27.8 Å². The number of rotatable bonds is 2. The Labute approximate surface area is 97.5 Å². The van der Waals surface area contributed by atoms with Crippen LogP contribution in [0, 0.1) is 0 Å². The summed E-state index contributed by atoms with van der Waals surface area (Å²) in [5.41, 5.74) is 0.786. The average Bonchev–Trinajstić information content (AvgIpc) is 2.18. The summed E-state index contributed by atoms with van der Waals surface area (Å²) in [7, 11) is 3.24. The maximum atomic E-state index is 11.2. The average molecular weight is 270 g/mol. The van der Waals surface area contributed by atoms with E-state index in [4.69, 9.17) is 4.74 Å². The van der Waals surface area contributed by atoms with Crippen LogP contribution in [0.25, 0.3) is 5.76 Å². The molecule has 1 amide bonds. The summed E-state index contributed by atoms with van der Waals surface area (Å²) in [4.78, 5) is 12.6. The largest absolute Gasteiger partial charge is 0.414 e. The van der Waals surface area contributed by atoms with E-state index < -0.39 is 6.09 Å². The summed E-state index contributed by atoms with van der Waals surface area (Å²) < 4.78 is 5.99. The van der Waals surface area contributed by atoms with Crippen molar-refractivity contribution in [2.24, 2.45) is 0 Å². The van der Waals surface area contributed by atoms with Crippen molar-refractivity contribution in [1.82, 2.24) is 4.90 Å². The number of amides is 1. The van der Waals surface area contributed by atoms with E-state index in [9.17, 15) is 4.79 Å². The van der Waals surface area contributed by atoms with Crippen molar-refractivity contribution in [3.8, 4) is 0 Å². The lowest BCUT2D eigenvalue weighted by Gasteiger charge is -2.12. The lowest BCUT2D eigenvalue weighted by Crippen LogP contribution is -2.21. The van der Waals surface area contributed by atoms with Crippen LogP contribution in [-0.4, -0.2) is 25.1 Å². The van der Waals surface area contributed by atoms with Crippen LogP contribution in [0.5, 0.6) is 0 Å². The van der Waals surface area contributed by atoms with Crippen molar-refractivity contribution in [3.05, 3.63) is 40.9 Å². The molecule has 1 rings (SSSR count). The summed E-state index contributed by atoms with van der Waals surface area (Å²) >= 11 is 3.32. The molecule has 3 nitrogen and oxygen atoms in total. The molecule has 0 saturated heterocycles. The first kappa shape index (κ1) is 11.8. The fourth-order valence-corrected chi connectivity index (χ4v) is 1.16. The molecule has 0 heterocycles. The molecule has 1 aromatic rings. The van der Waals surface area contributed by atoms with E-state index in [1.807, 2.05) is 24.3 Å². The molecule has 0 fully saturated rings. The molecule has 0 N–H and O–H groups in total. The molecule has 0 aliphatic carbocycles. The molecule has 80 valence electrons. The number of nitrogens with zero attached hydrogens (tertiary/aromatic N) is 1. The lowest BCUT2D eigenvalue weighted by molar-refractivity contribution is 0.163. The third-order valence-electron chi connectivity index (χ3n) is 1.74. The topological polar surface area (TPSA) is 29.5 Å². The number of hydrogen-bond donors (Lipinski definition) is 0. The van der Waals surface area contributed by atoms with E-state index in [1.165, 1.54) is 4.90 Å². The van der Waals surface area contributed by atoms with Crippen molar-refractivity contribution in [3.63, 3.8) is 0 Å². The number of hydrogen-bond acceptors (Lipinski definition) is 2. The fraction of sp³-hybridized carbons (Fsp3) is 0.182. The number of halogens is 1. The highest BCUT2D eigenvalue weighted by Gasteiger charge is 2.08. The van der Waals surface area contributed by atoms with Crippen molar-refractivity contribution in [2.75, 3.05) is 14.1 Å². The van der Waals surface area contributed by atoms with Crippen LogP contribution in [0.4, 0.5) is 4.79 Å². The predicted molar refractivity (Wildman–Crippen MR) is 63.3 cm³/mol. The second-order valence-corrected chi connectivity index (χ2v) is 4.11.